The number of carbonyl (C=O) groups excluding carboxylic acids is 4. The number of ketones is 2. The van der Waals surface area contributed by atoms with Gasteiger partial charge in [0.15, 0.2) is 11.4 Å². The van der Waals surface area contributed by atoms with Crippen molar-refractivity contribution in [3.05, 3.63) is 40.2 Å². The summed E-state index contributed by atoms with van der Waals surface area (Å²) in [5.74, 6) is -10.2. The smallest absolute Gasteiger partial charge is 0.255 e. The molecule has 41 heavy (non-hydrogen) atoms. The minimum atomic E-state index is -2.99. The number of anilines is 1. The van der Waals surface area contributed by atoms with Gasteiger partial charge in [-0.15, -0.1) is 0 Å². The molecule has 0 heterocycles. The second-order valence-electron chi connectivity index (χ2n) is 11.0. The van der Waals surface area contributed by atoms with E-state index in [0.29, 0.717) is 18.7 Å². The zero-order valence-electron chi connectivity index (χ0n) is 23.5. The van der Waals surface area contributed by atoms with E-state index in [1.807, 2.05) is 18.7 Å². The third-order valence-electron chi connectivity index (χ3n) is 8.67. The minimum absolute atomic E-state index is 0.0335. The molecule has 0 aliphatic heterocycles. The van der Waals surface area contributed by atoms with Gasteiger partial charge in [0.05, 0.1) is 35.9 Å². The van der Waals surface area contributed by atoms with Crippen molar-refractivity contribution in [2.45, 2.75) is 44.4 Å². The van der Waals surface area contributed by atoms with Crippen molar-refractivity contribution in [2.75, 3.05) is 39.0 Å². The number of fused-ring (bicyclic) bond motifs is 3. The molecule has 1 saturated carbocycles. The number of aromatic hydroxyl groups is 1. The number of nitrogens with two attached hydrogens (primary N) is 1. The lowest BCUT2D eigenvalue weighted by atomic mass is 9.54. The van der Waals surface area contributed by atoms with E-state index in [4.69, 9.17) is 5.73 Å². The third kappa shape index (κ3) is 4.31. The number of primary amides is 1. The Balaban J connectivity index is 1.90. The third-order valence-corrected chi connectivity index (χ3v) is 8.67. The summed E-state index contributed by atoms with van der Waals surface area (Å²) < 4.78 is 0. The first-order valence-electron chi connectivity index (χ1n) is 13.4. The van der Waals surface area contributed by atoms with Gasteiger partial charge in [-0.1, -0.05) is 26.8 Å². The predicted octanol–water partition coefficient (Wildman–Crippen LogP) is -0.224. The standard InChI is InChI=1S/C28H36N4O9/c1-6-32(7-2)10-14(33)30-13-9-8-12-11(3)15-17(22(35)16(12)21(13)34)25(38)28(41)19(23(15)36)20(31(4)5)24(37)18(26(28)39)27(29)40/h8-9,11,15,19-20,23,34-36,39,41H,6-7,10H2,1-5H3,(H2,29,40)(H,30,33)/t11-,15?,19?,20-,23-,28-/m0/s1. The molecular weight excluding hydrogens is 536 g/mol. The Labute approximate surface area is 236 Å². The fraction of sp³-hybridized carbons (Fsp3) is 0.500. The summed E-state index contributed by atoms with van der Waals surface area (Å²) in [4.78, 5) is 55.1. The number of Topliss-reactive ketones (excluding diaryl/α,β-unsaturated/α-hetero) is 2. The van der Waals surface area contributed by atoms with Gasteiger partial charge in [-0.25, -0.2) is 0 Å². The average molecular weight is 573 g/mol. The van der Waals surface area contributed by atoms with Crippen molar-refractivity contribution in [3.63, 3.8) is 0 Å². The van der Waals surface area contributed by atoms with E-state index in [1.165, 1.54) is 31.1 Å². The maximum absolute atomic E-state index is 14.0. The van der Waals surface area contributed by atoms with E-state index in [9.17, 15) is 44.7 Å². The Kier molecular flexibility index (Phi) is 7.78. The minimum Gasteiger partial charge on any atom is -0.508 e. The molecule has 1 aromatic rings. The lowest BCUT2D eigenvalue weighted by Gasteiger charge is -2.53. The number of phenols is 1. The van der Waals surface area contributed by atoms with Crippen LogP contribution >= 0.6 is 0 Å². The number of carbonyl (C=O) groups is 4. The van der Waals surface area contributed by atoms with Crippen LogP contribution in [0.15, 0.2) is 29.0 Å². The lowest BCUT2D eigenvalue weighted by Crippen LogP contribution is -2.70. The van der Waals surface area contributed by atoms with Crippen LogP contribution in [0.5, 0.6) is 5.75 Å². The number of aliphatic hydroxyl groups excluding tert-OH is 3. The van der Waals surface area contributed by atoms with Crippen molar-refractivity contribution in [2.24, 2.45) is 17.6 Å². The Morgan fingerprint density at radius 2 is 1.71 bits per heavy atom. The monoisotopic (exact) mass is 572 g/mol. The van der Waals surface area contributed by atoms with E-state index < -0.39 is 87.3 Å². The molecule has 1 aromatic carbocycles. The molecule has 3 aliphatic carbocycles. The van der Waals surface area contributed by atoms with Crippen LogP contribution in [0.2, 0.25) is 0 Å². The number of likely N-dealkylation sites (N-methyl/N-ethyl adjacent to an activating group) is 2. The van der Waals surface area contributed by atoms with E-state index in [-0.39, 0.29) is 17.8 Å². The maximum Gasteiger partial charge on any atom is 0.255 e. The van der Waals surface area contributed by atoms with Crippen LogP contribution in [0.1, 0.15) is 37.8 Å². The van der Waals surface area contributed by atoms with Gasteiger partial charge in [-0.2, -0.15) is 0 Å². The fourth-order valence-electron chi connectivity index (χ4n) is 6.56. The summed E-state index contributed by atoms with van der Waals surface area (Å²) in [5.41, 5.74) is 0.971. The number of hydrogen-bond donors (Lipinski definition) is 7. The number of phenolic OH excluding ortho intramolecular Hbond substituents is 1. The summed E-state index contributed by atoms with van der Waals surface area (Å²) in [6, 6.07) is 1.55. The highest BCUT2D eigenvalue weighted by atomic mass is 16.4. The number of rotatable bonds is 7. The van der Waals surface area contributed by atoms with Gasteiger partial charge < -0.3 is 36.6 Å². The second kappa shape index (κ2) is 10.6. The van der Waals surface area contributed by atoms with E-state index in [1.54, 1.807) is 6.92 Å². The number of nitrogens with one attached hydrogen (secondary N) is 1. The lowest BCUT2D eigenvalue weighted by molar-refractivity contribution is -0.169. The summed E-state index contributed by atoms with van der Waals surface area (Å²) in [6.45, 7) is 6.72. The molecule has 2 amide bonds. The Morgan fingerprint density at radius 3 is 2.24 bits per heavy atom. The zero-order chi connectivity index (χ0) is 30.7. The number of amides is 2. The van der Waals surface area contributed by atoms with Gasteiger partial charge in [0, 0.05) is 11.5 Å². The van der Waals surface area contributed by atoms with Crippen molar-refractivity contribution < 1.29 is 44.7 Å². The molecule has 0 bridgehead atoms. The SMILES string of the molecule is CCN(CC)CC(=O)Nc1ccc2c(c1O)C(O)=C1C(=O)[C@]3(O)C(O)=C(C(N)=O)C(=O)[C@@H](N(C)C)C3[C@@H](O)C1[C@H]2C. The molecule has 0 aromatic heterocycles. The molecule has 13 nitrogen and oxygen atoms in total. The van der Waals surface area contributed by atoms with Crippen LogP contribution in [0, 0.1) is 11.8 Å². The highest BCUT2D eigenvalue weighted by Crippen LogP contribution is 2.56. The van der Waals surface area contributed by atoms with Crippen molar-refractivity contribution in [1.29, 1.82) is 0 Å². The van der Waals surface area contributed by atoms with E-state index in [2.05, 4.69) is 5.32 Å². The van der Waals surface area contributed by atoms with Crippen LogP contribution < -0.4 is 11.1 Å². The van der Waals surface area contributed by atoms with E-state index >= 15 is 0 Å². The first-order chi connectivity index (χ1) is 19.1. The molecule has 4 rings (SSSR count). The van der Waals surface area contributed by atoms with Gasteiger partial charge in [0.1, 0.15) is 22.8 Å². The second-order valence-corrected chi connectivity index (χ2v) is 11.0. The molecule has 3 aliphatic rings. The normalized spacial score (nSPS) is 29.4. The molecule has 0 spiro atoms. The molecule has 0 saturated heterocycles. The van der Waals surface area contributed by atoms with Crippen molar-refractivity contribution in [3.8, 4) is 5.75 Å². The molecular formula is C28H36N4O9. The average Bonchev–Trinajstić information content (AvgIpc) is 2.90. The molecule has 8 N–H and O–H groups in total. The van der Waals surface area contributed by atoms with Gasteiger partial charge in [0.2, 0.25) is 11.7 Å². The Morgan fingerprint density at radius 1 is 1.10 bits per heavy atom. The predicted molar refractivity (Wildman–Crippen MR) is 147 cm³/mol. The molecule has 0 radical (unpaired) electrons. The molecule has 6 atom stereocenters. The number of aliphatic hydroxyl groups is 4. The zero-order valence-corrected chi connectivity index (χ0v) is 23.5. The quantitative estimate of drug-likeness (QED) is 0.167. The van der Waals surface area contributed by atoms with Gasteiger partial charge in [0.25, 0.3) is 5.91 Å². The van der Waals surface area contributed by atoms with E-state index in [0.717, 1.165) is 0 Å². The molecule has 13 heteroatoms. The van der Waals surface area contributed by atoms with Crippen LogP contribution in [0.25, 0.3) is 5.76 Å². The molecule has 2 unspecified atom stereocenters. The van der Waals surface area contributed by atoms with Gasteiger partial charge in [-0.3, -0.25) is 29.0 Å². The first kappa shape index (κ1) is 30.2. The van der Waals surface area contributed by atoms with Crippen LogP contribution in [-0.2, 0) is 19.2 Å². The van der Waals surface area contributed by atoms with Gasteiger partial charge >= 0.3 is 0 Å². The Bertz CT molecular complexity index is 1400. The summed E-state index contributed by atoms with van der Waals surface area (Å²) >= 11 is 0. The maximum atomic E-state index is 14.0. The van der Waals surface area contributed by atoms with Crippen LogP contribution in [0.4, 0.5) is 5.69 Å². The summed E-state index contributed by atoms with van der Waals surface area (Å²) in [6.07, 6.45) is -1.68. The Hall–Kier alpha value is -3.78. The number of benzene rings is 1. The highest BCUT2D eigenvalue weighted by Gasteiger charge is 2.68. The van der Waals surface area contributed by atoms with Gasteiger partial charge in [-0.05, 0) is 44.7 Å². The van der Waals surface area contributed by atoms with Crippen LogP contribution in [0.3, 0.4) is 0 Å². The summed E-state index contributed by atoms with van der Waals surface area (Å²) in [5, 5.41) is 59.5. The number of nitrogens with zero attached hydrogens (tertiary/aromatic N) is 2. The molecule has 222 valence electrons. The largest absolute Gasteiger partial charge is 0.508 e. The molecule has 1 fully saturated rings. The highest BCUT2D eigenvalue weighted by molar-refractivity contribution is 6.24. The summed E-state index contributed by atoms with van der Waals surface area (Å²) in [7, 11) is 2.88. The van der Waals surface area contributed by atoms with Crippen LogP contribution in [-0.4, -0.2) is 110 Å². The van der Waals surface area contributed by atoms with Crippen molar-refractivity contribution >= 4 is 34.8 Å². The first-order valence-corrected chi connectivity index (χ1v) is 13.4. The topological polar surface area (TPSA) is 214 Å². The number of hydrogen-bond acceptors (Lipinski definition) is 11. The van der Waals surface area contributed by atoms with Crippen molar-refractivity contribution in [1.82, 2.24) is 9.80 Å². The fourth-order valence-corrected chi connectivity index (χ4v) is 6.56.